The number of carbonyl (C=O) groups excluding carboxylic acids is 1. The van der Waals surface area contributed by atoms with Gasteiger partial charge in [-0.25, -0.2) is 9.78 Å². The predicted octanol–water partition coefficient (Wildman–Crippen LogP) is 1.85. The molecule has 0 aliphatic carbocycles. The molecular weight excluding hydrogens is 317 g/mol. The normalized spacial score (nSPS) is 22.8. The Labute approximate surface area is 119 Å². The van der Waals surface area contributed by atoms with Crippen LogP contribution in [-0.2, 0) is 11.0 Å². The summed E-state index contributed by atoms with van der Waals surface area (Å²) in [7, 11) is 0. The van der Waals surface area contributed by atoms with Gasteiger partial charge in [0.25, 0.3) is 5.91 Å². The highest BCUT2D eigenvalue weighted by Gasteiger charge is 2.44. The highest BCUT2D eigenvalue weighted by atomic mass is 32.2. The van der Waals surface area contributed by atoms with Gasteiger partial charge in [0, 0.05) is 11.1 Å². The summed E-state index contributed by atoms with van der Waals surface area (Å²) < 4.78 is 37.2. The van der Waals surface area contributed by atoms with Crippen molar-refractivity contribution in [2.24, 2.45) is 0 Å². The molecular formula is C10H9F3N2O3S2. The van der Waals surface area contributed by atoms with E-state index in [1.165, 1.54) is 11.8 Å². The number of amides is 1. The molecule has 5 nitrogen and oxygen atoms in total. The smallest absolute Gasteiger partial charge is 0.443 e. The Morgan fingerprint density at radius 2 is 2.15 bits per heavy atom. The van der Waals surface area contributed by atoms with Crippen molar-refractivity contribution in [3.05, 3.63) is 16.1 Å². The molecule has 1 aromatic rings. The Morgan fingerprint density at radius 3 is 2.60 bits per heavy atom. The van der Waals surface area contributed by atoms with Crippen molar-refractivity contribution in [2.75, 3.05) is 11.5 Å². The second-order valence-electron chi connectivity index (χ2n) is 4.18. The molecule has 0 spiro atoms. The maximum Gasteiger partial charge on any atom is 0.443 e. The zero-order valence-electron chi connectivity index (χ0n) is 9.86. The number of aromatic nitrogens is 1. The Balaban J connectivity index is 2.16. The molecule has 2 rings (SSSR count). The Bertz CT molecular complexity index is 538. The number of nitrogens with zero attached hydrogens (tertiary/aromatic N) is 1. The number of aliphatic carboxylic acids is 1. The third-order valence-corrected chi connectivity index (χ3v) is 4.84. The molecule has 110 valence electrons. The molecule has 1 fully saturated rings. The Hall–Kier alpha value is -1.29. The molecule has 0 radical (unpaired) electrons. The van der Waals surface area contributed by atoms with Gasteiger partial charge in [0.2, 0.25) is 0 Å². The lowest BCUT2D eigenvalue weighted by Gasteiger charge is -2.23. The molecule has 1 saturated heterocycles. The topological polar surface area (TPSA) is 79.3 Å². The first-order valence-electron chi connectivity index (χ1n) is 5.41. The van der Waals surface area contributed by atoms with Crippen LogP contribution in [0.4, 0.5) is 13.2 Å². The molecule has 20 heavy (non-hydrogen) atoms. The highest BCUT2D eigenvalue weighted by molar-refractivity contribution is 7.99. The Kier molecular flexibility index (Phi) is 3.96. The molecule has 1 aliphatic rings. The van der Waals surface area contributed by atoms with Crippen molar-refractivity contribution in [2.45, 2.75) is 18.1 Å². The van der Waals surface area contributed by atoms with E-state index in [-0.39, 0.29) is 12.2 Å². The van der Waals surface area contributed by atoms with Gasteiger partial charge in [0.1, 0.15) is 11.2 Å². The molecule has 1 aromatic heterocycles. The van der Waals surface area contributed by atoms with Crippen LogP contribution in [0, 0.1) is 0 Å². The van der Waals surface area contributed by atoms with Crippen molar-refractivity contribution in [3.63, 3.8) is 0 Å². The van der Waals surface area contributed by atoms with Crippen LogP contribution < -0.4 is 5.32 Å². The van der Waals surface area contributed by atoms with Crippen LogP contribution in [0.15, 0.2) is 5.38 Å². The average molecular weight is 326 g/mol. The van der Waals surface area contributed by atoms with Crippen LogP contribution >= 0.6 is 23.1 Å². The minimum absolute atomic E-state index is 0.185. The van der Waals surface area contributed by atoms with Crippen LogP contribution in [0.2, 0.25) is 0 Å². The van der Waals surface area contributed by atoms with Gasteiger partial charge in [0.05, 0.1) is 0 Å². The van der Waals surface area contributed by atoms with Gasteiger partial charge in [-0.2, -0.15) is 24.9 Å². The molecule has 0 saturated carbocycles. The summed E-state index contributed by atoms with van der Waals surface area (Å²) >= 11 is 1.66. The van der Waals surface area contributed by atoms with Crippen molar-refractivity contribution in [1.82, 2.24) is 10.3 Å². The highest BCUT2D eigenvalue weighted by Crippen LogP contribution is 2.32. The maximum atomic E-state index is 12.4. The van der Waals surface area contributed by atoms with E-state index in [2.05, 4.69) is 10.3 Å². The molecule has 0 bridgehead atoms. The number of hydrogen-bond donors (Lipinski definition) is 2. The van der Waals surface area contributed by atoms with Crippen LogP contribution in [0.25, 0.3) is 0 Å². The van der Waals surface area contributed by atoms with Crippen molar-refractivity contribution in [3.8, 4) is 0 Å². The molecule has 2 N–H and O–H groups in total. The molecule has 1 atom stereocenters. The summed E-state index contributed by atoms with van der Waals surface area (Å²) in [6, 6.07) is 0. The number of rotatable bonds is 3. The van der Waals surface area contributed by atoms with Gasteiger partial charge in [-0.1, -0.05) is 0 Å². The van der Waals surface area contributed by atoms with E-state index in [4.69, 9.17) is 5.11 Å². The van der Waals surface area contributed by atoms with Gasteiger partial charge in [0.15, 0.2) is 5.01 Å². The van der Waals surface area contributed by atoms with Gasteiger partial charge >= 0.3 is 12.1 Å². The number of alkyl halides is 3. The van der Waals surface area contributed by atoms with Crippen LogP contribution in [0.3, 0.4) is 0 Å². The first-order valence-corrected chi connectivity index (χ1v) is 7.44. The first-order chi connectivity index (χ1) is 9.24. The standard InChI is InChI=1S/C10H9F3N2O3S2/c11-10(12,13)7-14-5(3-20-7)6(16)15-9(8(17)18)1-2-19-4-9/h3H,1-2,4H2,(H,15,16)(H,17,18). The zero-order chi connectivity index (χ0) is 15.0. The van der Waals surface area contributed by atoms with Crippen molar-refractivity contribution >= 4 is 35.0 Å². The molecule has 2 heterocycles. The summed E-state index contributed by atoms with van der Waals surface area (Å²) in [6.45, 7) is 0. The SMILES string of the molecule is O=C(NC1(C(=O)O)CCSC1)c1csc(C(F)(F)F)n1. The van der Waals surface area contributed by atoms with Gasteiger partial charge in [-0.3, -0.25) is 4.79 Å². The second kappa shape index (κ2) is 5.24. The summed E-state index contributed by atoms with van der Waals surface area (Å²) in [4.78, 5) is 26.3. The number of carboxylic acid groups (broad SMARTS) is 1. The third kappa shape index (κ3) is 2.90. The number of nitrogens with one attached hydrogen (secondary N) is 1. The number of halogens is 3. The quantitative estimate of drug-likeness (QED) is 0.886. The summed E-state index contributed by atoms with van der Waals surface area (Å²) in [5.41, 5.74) is -1.84. The fourth-order valence-electron chi connectivity index (χ4n) is 1.68. The molecule has 1 unspecified atom stereocenters. The molecule has 1 amide bonds. The van der Waals surface area contributed by atoms with Gasteiger partial charge in [-0.05, 0) is 12.2 Å². The van der Waals surface area contributed by atoms with Crippen LogP contribution in [-0.4, -0.2) is 39.0 Å². The number of carboxylic acids is 1. The lowest BCUT2D eigenvalue weighted by molar-refractivity contribution is -0.143. The van der Waals surface area contributed by atoms with E-state index in [1.54, 1.807) is 0 Å². The average Bonchev–Trinajstić information content (AvgIpc) is 2.96. The first kappa shape index (κ1) is 15.1. The summed E-state index contributed by atoms with van der Waals surface area (Å²) in [6.07, 6.45) is -4.38. The molecule has 10 heteroatoms. The second-order valence-corrected chi connectivity index (χ2v) is 6.14. The van der Waals surface area contributed by atoms with Crippen molar-refractivity contribution in [1.29, 1.82) is 0 Å². The fraction of sp³-hybridized carbons (Fsp3) is 0.500. The number of hydrogen-bond acceptors (Lipinski definition) is 5. The Morgan fingerprint density at radius 1 is 1.45 bits per heavy atom. The minimum atomic E-state index is -4.61. The molecule has 0 aromatic carbocycles. The summed E-state index contributed by atoms with van der Waals surface area (Å²) in [5.74, 6) is -1.34. The van der Waals surface area contributed by atoms with Crippen molar-refractivity contribution < 1.29 is 27.9 Å². The predicted molar refractivity (Wildman–Crippen MR) is 66.9 cm³/mol. The minimum Gasteiger partial charge on any atom is -0.479 e. The lowest BCUT2D eigenvalue weighted by atomic mass is 9.99. The van der Waals surface area contributed by atoms with E-state index in [1.807, 2.05) is 0 Å². The number of thiazole rings is 1. The van der Waals surface area contributed by atoms with Crippen LogP contribution in [0.5, 0.6) is 0 Å². The van der Waals surface area contributed by atoms with E-state index in [0.29, 0.717) is 17.1 Å². The molecule has 1 aliphatic heterocycles. The third-order valence-electron chi connectivity index (χ3n) is 2.76. The number of thioether (sulfide) groups is 1. The van der Waals surface area contributed by atoms with E-state index >= 15 is 0 Å². The van der Waals surface area contributed by atoms with Gasteiger partial charge in [-0.15, -0.1) is 11.3 Å². The van der Waals surface area contributed by atoms with E-state index in [9.17, 15) is 22.8 Å². The van der Waals surface area contributed by atoms with E-state index in [0.717, 1.165) is 5.38 Å². The maximum absolute atomic E-state index is 12.4. The lowest BCUT2D eigenvalue weighted by Crippen LogP contribution is -2.54. The summed E-state index contributed by atoms with van der Waals surface area (Å²) in [5, 5.41) is 11.3. The monoisotopic (exact) mass is 326 g/mol. The number of carbonyl (C=O) groups is 2. The largest absolute Gasteiger partial charge is 0.479 e. The zero-order valence-corrected chi connectivity index (χ0v) is 11.5. The van der Waals surface area contributed by atoms with E-state index < -0.39 is 34.3 Å². The fourth-order valence-corrected chi connectivity index (χ4v) is 3.67. The van der Waals surface area contributed by atoms with Crippen LogP contribution in [0.1, 0.15) is 21.9 Å². The van der Waals surface area contributed by atoms with Gasteiger partial charge < -0.3 is 10.4 Å².